The van der Waals surface area contributed by atoms with Crippen LogP contribution in [0.3, 0.4) is 0 Å². The van der Waals surface area contributed by atoms with Crippen molar-refractivity contribution in [2.45, 2.75) is 44.4 Å². The number of halogens is 4. The van der Waals surface area contributed by atoms with E-state index >= 15 is 0 Å². The Kier molecular flexibility index (Phi) is 7.95. The molecule has 4 heterocycles. The number of carbonyl (C=O) groups excluding carboxylic acids is 1. The van der Waals surface area contributed by atoms with Gasteiger partial charge in [0.2, 0.25) is 6.79 Å². The van der Waals surface area contributed by atoms with Gasteiger partial charge >= 0.3 is 6.18 Å². The molecule has 3 aliphatic rings. The SMILES string of the molecule is O=C(c1cc(NCc2ccc(C(F)(F)F)cc2)nc2c(Cl)cc(-c3ccc4c(c3)OCO4)cc12)N1CCC[C@H]1CN1CCCC1. The number of benzene rings is 3. The van der Waals surface area contributed by atoms with Crippen molar-refractivity contribution < 1.29 is 27.4 Å². The highest BCUT2D eigenvalue weighted by atomic mass is 35.5. The van der Waals surface area contributed by atoms with E-state index in [1.165, 1.54) is 25.0 Å². The average Bonchev–Trinajstić information content (AvgIpc) is 3.82. The van der Waals surface area contributed by atoms with E-state index in [0.29, 0.717) is 50.9 Å². The number of ether oxygens (including phenoxy) is 2. The molecule has 3 aliphatic heterocycles. The van der Waals surface area contributed by atoms with Crippen LogP contribution in [-0.2, 0) is 12.7 Å². The fraction of sp³-hybridized carbons (Fsp3) is 0.353. The Balaban J connectivity index is 1.25. The summed E-state index contributed by atoms with van der Waals surface area (Å²) >= 11 is 6.87. The van der Waals surface area contributed by atoms with Gasteiger partial charge in [-0.1, -0.05) is 29.8 Å². The first-order valence-corrected chi connectivity index (χ1v) is 15.6. The molecule has 0 bridgehead atoms. The summed E-state index contributed by atoms with van der Waals surface area (Å²) in [5, 5.41) is 4.22. The van der Waals surface area contributed by atoms with Gasteiger partial charge in [0, 0.05) is 31.1 Å². The van der Waals surface area contributed by atoms with Gasteiger partial charge in [-0.3, -0.25) is 4.79 Å². The Bertz CT molecular complexity index is 1740. The first-order chi connectivity index (χ1) is 21.7. The van der Waals surface area contributed by atoms with Crippen LogP contribution >= 0.6 is 11.6 Å². The molecule has 1 N–H and O–H groups in total. The molecule has 1 aromatic heterocycles. The Morgan fingerprint density at radius 2 is 1.71 bits per heavy atom. The zero-order valence-corrected chi connectivity index (χ0v) is 25.3. The number of nitrogens with zero attached hydrogens (tertiary/aromatic N) is 3. The van der Waals surface area contributed by atoms with Crippen molar-refractivity contribution in [1.82, 2.24) is 14.8 Å². The topological polar surface area (TPSA) is 66.9 Å². The minimum Gasteiger partial charge on any atom is -0.454 e. The Hall–Kier alpha value is -4.02. The molecule has 7 rings (SSSR count). The highest BCUT2D eigenvalue weighted by Crippen LogP contribution is 2.39. The van der Waals surface area contributed by atoms with E-state index < -0.39 is 11.7 Å². The Labute approximate surface area is 263 Å². The summed E-state index contributed by atoms with van der Waals surface area (Å²) in [4.78, 5) is 23.6. The zero-order valence-electron chi connectivity index (χ0n) is 24.5. The minimum atomic E-state index is -4.40. The van der Waals surface area contributed by atoms with Gasteiger partial charge < -0.3 is 24.6 Å². The lowest BCUT2D eigenvalue weighted by molar-refractivity contribution is -0.137. The van der Waals surface area contributed by atoms with Crippen molar-refractivity contribution in [3.8, 4) is 22.6 Å². The van der Waals surface area contributed by atoms with Crippen LogP contribution in [0.5, 0.6) is 11.5 Å². The van der Waals surface area contributed by atoms with Crippen molar-refractivity contribution in [1.29, 1.82) is 0 Å². The highest BCUT2D eigenvalue weighted by Gasteiger charge is 2.33. The van der Waals surface area contributed by atoms with Gasteiger partial charge in [0.15, 0.2) is 11.5 Å². The smallest absolute Gasteiger partial charge is 0.416 e. The summed E-state index contributed by atoms with van der Waals surface area (Å²) < 4.78 is 50.2. The standard InChI is InChI=1S/C34H32ClF3N4O3/c35-28-15-23(22-7-10-29-30(16-22)45-20-44-29)14-26-27(33(43)42-13-3-4-25(42)19-41-11-1-2-12-41)17-31(40-32(26)28)39-18-21-5-8-24(9-6-21)34(36,37)38/h5-10,14-17,25H,1-4,11-13,18-20H2,(H,39,40)/t25-/m0/s1. The van der Waals surface area contributed by atoms with Gasteiger partial charge in [-0.25, -0.2) is 4.98 Å². The fourth-order valence-electron chi connectivity index (χ4n) is 6.51. The highest BCUT2D eigenvalue weighted by molar-refractivity contribution is 6.36. The molecule has 7 nitrogen and oxygen atoms in total. The number of rotatable bonds is 7. The maximum absolute atomic E-state index is 14.4. The molecular weight excluding hydrogens is 605 g/mol. The second kappa shape index (κ2) is 12.1. The fourth-order valence-corrected chi connectivity index (χ4v) is 6.77. The quantitative estimate of drug-likeness (QED) is 0.225. The molecule has 45 heavy (non-hydrogen) atoms. The van der Waals surface area contributed by atoms with Crippen LogP contribution in [0.15, 0.2) is 60.7 Å². The third-order valence-electron chi connectivity index (χ3n) is 8.86. The normalized spacial score (nSPS) is 18.2. The van der Waals surface area contributed by atoms with Crippen molar-refractivity contribution in [3.63, 3.8) is 0 Å². The number of carbonyl (C=O) groups is 1. The maximum Gasteiger partial charge on any atom is 0.416 e. The number of amides is 1. The number of likely N-dealkylation sites (tertiary alicyclic amines) is 2. The molecule has 234 valence electrons. The monoisotopic (exact) mass is 636 g/mol. The largest absolute Gasteiger partial charge is 0.454 e. The number of hydrogen-bond acceptors (Lipinski definition) is 6. The number of anilines is 1. The van der Waals surface area contributed by atoms with E-state index in [9.17, 15) is 18.0 Å². The van der Waals surface area contributed by atoms with E-state index in [0.717, 1.165) is 55.7 Å². The number of aromatic nitrogens is 1. The molecule has 4 aromatic rings. The van der Waals surface area contributed by atoms with Crippen molar-refractivity contribution in [2.75, 3.05) is 38.3 Å². The van der Waals surface area contributed by atoms with Crippen LogP contribution in [0.1, 0.15) is 47.2 Å². The second-order valence-electron chi connectivity index (χ2n) is 11.8. The maximum atomic E-state index is 14.4. The van der Waals surface area contributed by atoms with Crippen LogP contribution in [0.4, 0.5) is 19.0 Å². The van der Waals surface area contributed by atoms with E-state index in [1.54, 1.807) is 6.07 Å². The predicted molar refractivity (Wildman–Crippen MR) is 167 cm³/mol. The number of pyridine rings is 1. The van der Waals surface area contributed by atoms with Crippen molar-refractivity contribution in [3.05, 3.63) is 82.4 Å². The van der Waals surface area contributed by atoms with Crippen LogP contribution in [-0.4, -0.2) is 59.7 Å². The number of nitrogens with one attached hydrogen (secondary N) is 1. The van der Waals surface area contributed by atoms with Gasteiger partial charge in [0.05, 0.1) is 21.7 Å². The molecule has 0 aliphatic carbocycles. The van der Waals surface area contributed by atoms with Crippen LogP contribution in [0.2, 0.25) is 5.02 Å². The van der Waals surface area contributed by atoms with Gasteiger partial charge in [-0.15, -0.1) is 0 Å². The third kappa shape index (κ3) is 6.13. The molecular formula is C34H32ClF3N4O3. The molecule has 1 atom stereocenters. The molecule has 0 saturated carbocycles. The van der Waals surface area contributed by atoms with E-state index in [4.69, 9.17) is 26.1 Å². The van der Waals surface area contributed by atoms with Crippen molar-refractivity contribution >= 4 is 34.2 Å². The second-order valence-corrected chi connectivity index (χ2v) is 12.2. The molecule has 2 saturated heterocycles. The van der Waals surface area contributed by atoms with Gasteiger partial charge in [0.25, 0.3) is 5.91 Å². The Morgan fingerprint density at radius 1 is 0.933 bits per heavy atom. The van der Waals surface area contributed by atoms with Gasteiger partial charge in [-0.2, -0.15) is 13.2 Å². The Morgan fingerprint density at radius 3 is 2.49 bits per heavy atom. The van der Waals surface area contributed by atoms with Crippen LogP contribution in [0.25, 0.3) is 22.0 Å². The van der Waals surface area contributed by atoms with Gasteiger partial charge in [0.1, 0.15) is 5.82 Å². The average molecular weight is 637 g/mol. The van der Waals surface area contributed by atoms with E-state index in [-0.39, 0.29) is 25.3 Å². The summed E-state index contributed by atoms with van der Waals surface area (Å²) in [6.45, 7) is 4.03. The molecule has 1 amide bonds. The van der Waals surface area contributed by atoms with E-state index in [2.05, 4.69) is 10.2 Å². The number of alkyl halides is 3. The van der Waals surface area contributed by atoms with Crippen molar-refractivity contribution in [2.24, 2.45) is 0 Å². The van der Waals surface area contributed by atoms with Crippen LogP contribution < -0.4 is 14.8 Å². The molecule has 0 spiro atoms. The first-order valence-electron chi connectivity index (χ1n) is 15.2. The molecule has 3 aromatic carbocycles. The third-order valence-corrected chi connectivity index (χ3v) is 9.15. The van der Waals surface area contributed by atoms with Gasteiger partial charge in [-0.05, 0) is 97.9 Å². The molecule has 0 radical (unpaired) electrons. The zero-order chi connectivity index (χ0) is 31.1. The molecule has 11 heteroatoms. The summed E-state index contributed by atoms with van der Waals surface area (Å²) in [6, 6.07) is 16.2. The number of fused-ring (bicyclic) bond motifs is 2. The summed E-state index contributed by atoms with van der Waals surface area (Å²) in [7, 11) is 0. The molecule has 0 unspecified atom stereocenters. The molecule has 2 fully saturated rings. The lowest BCUT2D eigenvalue weighted by atomic mass is 9.99. The first kappa shape index (κ1) is 29.7. The lowest BCUT2D eigenvalue weighted by Gasteiger charge is -2.29. The summed E-state index contributed by atoms with van der Waals surface area (Å²) in [5.74, 6) is 1.65. The minimum absolute atomic E-state index is 0.0828. The summed E-state index contributed by atoms with van der Waals surface area (Å²) in [6.07, 6.45) is -0.141. The summed E-state index contributed by atoms with van der Waals surface area (Å²) in [5.41, 5.74) is 2.56. The predicted octanol–water partition coefficient (Wildman–Crippen LogP) is 7.62. The van der Waals surface area contributed by atoms with E-state index in [1.807, 2.05) is 35.2 Å². The lowest BCUT2D eigenvalue weighted by Crippen LogP contribution is -2.42. The van der Waals surface area contributed by atoms with Crippen LogP contribution in [0, 0.1) is 0 Å². The number of hydrogen-bond donors (Lipinski definition) is 1.